The van der Waals surface area contributed by atoms with Crippen molar-refractivity contribution in [1.82, 2.24) is 5.32 Å². The quantitative estimate of drug-likeness (QED) is 0.773. The van der Waals surface area contributed by atoms with Crippen molar-refractivity contribution in [1.29, 1.82) is 0 Å². The van der Waals surface area contributed by atoms with E-state index in [-0.39, 0.29) is 10.5 Å². The fourth-order valence-corrected chi connectivity index (χ4v) is 3.28. The molecular weight excluding hydrogens is 328 g/mol. The molecule has 1 fully saturated rings. The number of ether oxygens (including phenoxy) is 1. The van der Waals surface area contributed by atoms with Gasteiger partial charge in [0.05, 0.1) is 10.6 Å². The van der Waals surface area contributed by atoms with Crippen LogP contribution >= 0.6 is 15.9 Å². The topological polar surface area (TPSA) is 21.3 Å². The second kappa shape index (κ2) is 7.48. The van der Waals surface area contributed by atoms with Gasteiger partial charge in [-0.3, -0.25) is 0 Å². The van der Waals surface area contributed by atoms with Gasteiger partial charge >= 0.3 is 0 Å². The van der Waals surface area contributed by atoms with Crippen molar-refractivity contribution < 1.29 is 13.5 Å². The first-order chi connectivity index (χ1) is 9.63. The molecule has 2 nitrogen and oxygen atoms in total. The number of rotatable bonds is 6. The summed E-state index contributed by atoms with van der Waals surface area (Å²) >= 11 is 3.15. The standard InChI is InChI=1S/C15H20BrF2NO/c1-19-13(6-2-4-10-5-3-9-20-10)11-7-8-12(17)15(18)14(11)16/h7-8,10,13,19H,2-6,9H2,1H3. The third-order valence-electron chi connectivity index (χ3n) is 3.83. The Kier molecular flexibility index (Phi) is 5.93. The van der Waals surface area contributed by atoms with Crippen LogP contribution in [0.4, 0.5) is 8.78 Å². The first-order valence-corrected chi connectivity index (χ1v) is 7.85. The molecule has 0 amide bonds. The minimum atomic E-state index is -0.824. The zero-order valence-electron chi connectivity index (χ0n) is 11.6. The van der Waals surface area contributed by atoms with Gasteiger partial charge in [-0.2, -0.15) is 0 Å². The lowest BCUT2D eigenvalue weighted by Crippen LogP contribution is -2.18. The Morgan fingerprint density at radius 3 is 2.90 bits per heavy atom. The molecule has 20 heavy (non-hydrogen) atoms. The highest BCUT2D eigenvalue weighted by atomic mass is 79.9. The summed E-state index contributed by atoms with van der Waals surface area (Å²) in [6.45, 7) is 0.870. The van der Waals surface area contributed by atoms with E-state index in [1.807, 2.05) is 7.05 Å². The molecule has 0 saturated carbocycles. The summed E-state index contributed by atoms with van der Waals surface area (Å²) < 4.78 is 32.5. The largest absolute Gasteiger partial charge is 0.378 e. The summed E-state index contributed by atoms with van der Waals surface area (Å²) in [4.78, 5) is 0. The molecule has 1 aliphatic heterocycles. The van der Waals surface area contributed by atoms with Crippen molar-refractivity contribution in [2.75, 3.05) is 13.7 Å². The van der Waals surface area contributed by atoms with Crippen molar-refractivity contribution in [3.8, 4) is 0 Å². The maximum Gasteiger partial charge on any atom is 0.173 e. The summed E-state index contributed by atoms with van der Waals surface area (Å²) in [5, 5.41) is 3.17. The SMILES string of the molecule is CNC(CCCC1CCCO1)c1ccc(F)c(F)c1Br. The predicted molar refractivity (Wildman–Crippen MR) is 78.7 cm³/mol. The molecule has 1 aliphatic rings. The maximum absolute atomic E-state index is 13.6. The van der Waals surface area contributed by atoms with Gasteiger partial charge in [-0.05, 0) is 66.7 Å². The van der Waals surface area contributed by atoms with Crippen molar-refractivity contribution in [2.45, 2.75) is 44.2 Å². The highest BCUT2D eigenvalue weighted by Crippen LogP contribution is 2.31. The average Bonchev–Trinajstić information content (AvgIpc) is 2.95. The van der Waals surface area contributed by atoms with E-state index in [1.165, 1.54) is 6.07 Å². The van der Waals surface area contributed by atoms with Crippen LogP contribution in [-0.4, -0.2) is 19.8 Å². The van der Waals surface area contributed by atoms with Crippen molar-refractivity contribution in [3.63, 3.8) is 0 Å². The third kappa shape index (κ3) is 3.77. The Bertz CT molecular complexity index is 450. The molecule has 0 spiro atoms. The maximum atomic E-state index is 13.6. The van der Waals surface area contributed by atoms with Crippen molar-refractivity contribution >= 4 is 15.9 Å². The zero-order chi connectivity index (χ0) is 14.5. The van der Waals surface area contributed by atoms with E-state index in [4.69, 9.17) is 4.74 Å². The Labute approximate surface area is 127 Å². The van der Waals surface area contributed by atoms with Gasteiger partial charge in [0.25, 0.3) is 0 Å². The molecule has 112 valence electrons. The van der Waals surface area contributed by atoms with E-state index in [0.29, 0.717) is 6.10 Å². The highest BCUT2D eigenvalue weighted by Gasteiger charge is 2.19. The van der Waals surface area contributed by atoms with Gasteiger partial charge in [0.2, 0.25) is 0 Å². The smallest absolute Gasteiger partial charge is 0.173 e. The van der Waals surface area contributed by atoms with Crippen LogP contribution in [0.5, 0.6) is 0 Å². The molecule has 0 aromatic heterocycles. The number of nitrogens with one attached hydrogen (secondary N) is 1. The van der Waals surface area contributed by atoms with E-state index < -0.39 is 11.6 Å². The lowest BCUT2D eigenvalue weighted by molar-refractivity contribution is 0.101. The van der Waals surface area contributed by atoms with Crippen molar-refractivity contribution in [2.24, 2.45) is 0 Å². The van der Waals surface area contributed by atoms with Crippen LogP contribution in [0.3, 0.4) is 0 Å². The Balaban J connectivity index is 1.95. The highest BCUT2D eigenvalue weighted by molar-refractivity contribution is 9.10. The summed E-state index contributed by atoms with van der Waals surface area (Å²) in [5.74, 6) is -1.64. The molecule has 2 unspecified atom stereocenters. The molecular formula is C15H20BrF2NO. The number of halogens is 3. The molecule has 2 atom stereocenters. The van der Waals surface area contributed by atoms with Gasteiger partial charge in [0.15, 0.2) is 11.6 Å². The van der Waals surface area contributed by atoms with Crippen LogP contribution in [0.25, 0.3) is 0 Å². The summed E-state index contributed by atoms with van der Waals surface area (Å²) in [7, 11) is 1.84. The summed E-state index contributed by atoms with van der Waals surface area (Å²) in [6, 6.07) is 2.83. The van der Waals surface area contributed by atoms with Gasteiger partial charge in [0, 0.05) is 12.6 Å². The van der Waals surface area contributed by atoms with E-state index in [0.717, 1.165) is 44.3 Å². The molecule has 0 radical (unpaired) electrons. The van der Waals surface area contributed by atoms with Crippen LogP contribution in [0.15, 0.2) is 16.6 Å². The lowest BCUT2D eigenvalue weighted by atomic mass is 9.99. The molecule has 1 heterocycles. The first-order valence-electron chi connectivity index (χ1n) is 7.05. The molecule has 2 rings (SSSR count). The van der Waals surface area contributed by atoms with Crippen LogP contribution in [0, 0.1) is 11.6 Å². The minimum Gasteiger partial charge on any atom is -0.378 e. The molecule has 1 N–H and O–H groups in total. The Morgan fingerprint density at radius 2 is 2.25 bits per heavy atom. The molecule has 0 bridgehead atoms. The van der Waals surface area contributed by atoms with E-state index in [2.05, 4.69) is 21.2 Å². The van der Waals surface area contributed by atoms with Gasteiger partial charge in [-0.25, -0.2) is 8.78 Å². The molecule has 1 aromatic rings. The first kappa shape index (κ1) is 15.9. The lowest BCUT2D eigenvalue weighted by Gasteiger charge is -2.19. The Morgan fingerprint density at radius 1 is 1.45 bits per heavy atom. The number of benzene rings is 1. The van der Waals surface area contributed by atoms with Crippen LogP contribution < -0.4 is 5.32 Å². The molecule has 1 saturated heterocycles. The number of hydrogen-bond donors (Lipinski definition) is 1. The van der Waals surface area contributed by atoms with Crippen LogP contribution in [0.1, 0.15) is 43.7 Å². The van der Waals surface area contributed by atoms with Gasteiger partial charge in [-0.1, -0.05) is 6.07 Å². The zero-order valence-corrected chi connectivity index (χ0v) is 13.2. The van der Waals surface area contributed by atoms with Crippen molar-refractivity contribution in [3.05, 3.63) is 33.8 Å². The molecule has 1 aromatic carbocycles. The molecule has 0 aliphatic carbocycles. The fraction of sp³-hybridized carbons (Fsp3) is 0.600. The van der Waals surface area contributed by atoms with Crippen LogP contribution in [-0.2, 0) is 4.74 Å². The second-order valence-corrected chi connectivity index (χ2v) is 5.96. The normalized spacial score (nSPS) is 20.3. The average molecular weight is 348 g/mol. The van der Waals surface area contributed by atoms with E-state index in [9.17, 15) is 8.78 Å². The van der Waals surface area contributed by atoms with Gasteiger partial charge < -0.3 is 10.1 Å². The summed E-state index contributed by atoms with van der Waals surface area (Å²) in [6.07, 6.45) is 5.57. The predicted octanol–water partition coefficient (Wildman–Crippen LogP) is 4.34. The monoisotopic (exact) mass is 347 g/mol. The van der Waals surface area contributed by atoms with Gasteiger partial charge in [0.1, 0.15) is 0 Å². The van der Waals surface area contributed by atoms with E-state index >= 15 is 0 Å². The Hall–Kier alpha value is -0.520. The fourth-order valence-electron chi connectivity index (χ4n) is 2.69. The number of hydrogen-bond acceptors (Lipinski definition) is 2. The third-order valence-corrected chi connectivity index (χ3v) is 4.64. The van der Waals surface area contributed by atoms with Gasteiger partial charge in [-0.15, -0.1) is 0 Å². The van der Waals surface area contributed by atoms with Crippen LogP contribution in [0.2, 0.25) is 0 Å². The minimum absolute atomic E-state index is 0.0147. The van der Waals surface area contributed by atoms with E-state index in [1.54, 1.807) is 6.07 Å². The molecule has 5 heteroatoms. The summed E-state index contributed by atoms with van der Waals surface area (Å²) in [5.41, 5.74) is 0.763. The second-order valence-electron chi connectivity index (χ2n) is 5.17.